The van der Waals surface area contributed by atoms with Crippen molar-refractivity contribution in [2.24, 2.45) is 0 Å². The zero-order valence-corrected chi connectivity index (χ0v) is 14.0. The Morgan fingerprint density at radius 1 is 0.960 bits per heavy atom. The summed E-state index contributed by atoms with van der Waals surface area (Å²) in [5, 5.41) is 0. The van der Waals surface area contributed by atoms with Gasteiger partial charge in [-0.2, -0.15) is 0 Å². The summed E-state index contributed by atoms with van der Waals surface area (Å²) >= 11 is 0. The second kappa shape index (κ2) is 6.93. The summed E-state index contributed by atoms with van der Waals surface area (Å²) in [6.45, 7) is 3.59. The van der Waals surface area contributed by atoms with Gasteiger partial charge in [-0.05, 0) is 42.8 Å². The van der Waals surface area contributed by atoms with Gasteiger partial charge in [-0.1, -0.05) is 12.1 Å². The number of anilines is 1. The highest BCUT2D eigenvalue weighted by Gasteiger charge is 2.26. The summed E-state index contributed by atoms with van der Waals surface area (Å²) in [6, 6.07) is 10.9. The maximum atomic E-state index is 13.3. The number of hydrogen-bond acceptors (Lipinski definition) is 3. The summed E-state index contributed by atoms with van der Waals surface area (Å²) < 4.78 is 13.3. The van der Waals surface area contributed by atoms with E-state index in [1.54, 1.807) is 28.0 Å². The molecule has 0 aliphatic carbocycles. The molecule has 1 saturated heterocycles. The van der Waals surface area contributed by atoms with Gasteiger partial charge in [0.25, 0.3) is 11.8 Å². The molecule has 3 rings (SSSR count). The van der Waals surface area contributed by atoms with Crippen LogP contribution in [0.1, 0.15) is 26.3 Å². The van der Waals surface area contributed by atoms with E-state index in [1.807, 2.05) is 13.0 Å². The van der Waals surface area contributed by atoms with E-state index in [2.05, 4.69) is 0 Å². The second-order valence-electron chi connectivity index (χ2n) is 6.17. The normalized spacial score (nSPS) is 14.5. The van der Waals surface area contributed by atoms with Crippen molar-refractivity contribution in [3.05, 3.63) is 65.0 Å². The molecule has 1 fully saturated rings. The minimum Gasteiger partial charge on any atom is -0.399 e. The molecule has 2 aromatic carbocycles. The van der Waals surface area contributed by atoms with Crippen LogP contribution in [0, 0.1) is 12.7 Å². The van der Waals surface area contributed by atoms with Crippen LogP contribution < -0.4 is 5.73 Å². The Bertz CT molecular complexity index is 814. The van der Waals surface area contributed by atoms with Crippen LogP contribution in [0.5, 0.6) is 0 Å². The number of nitrogen functional groups attached to an aromatic ring is 1. The Hall–Kier alpha value is -2.89. The maximum Gasteiger partial charge on any atom is 0.254 e. The maximum absolute atomic E-state index is 13.3. The molecule has 1 aliphatic heterocycles. The topological polar surface area (TPSA) is 66.6 Å². The number of hydrogen-bond donors (Lipinski definition) is 1. The fraction of sp³-hybridized carbons (Fsp3) is 0.263. The number of piperazine rings is 1. The molecule has 0 aromatic heterocycles. The van der Waals surface area contributed by atoms with Gasteiger partial charge in [0.1, 0.15) is 5.82 Å². The molecule has 1 heterocycles. The van der Waals surface area contributed by atoms with Crippen LogP contribution in [0.25, 0.3) is 0 Å². The monoisotopic (exact) mass is 341 g/mol. The van der Waals surface area contributed by atoms with Crippen LogP contribution in [0.3, 0.4) is 0 Å². The zero-order valence-electron chi connectivity index (χ0n) is 14.0. The van der Waals surface area contributed by atoms with E-state index < -0.39 is 5.82 Å². The Balaban J connectivity index is 1.66. The molecule has 0 saturated carbocycles. The molecule has 130 valence electrons. The highest BCUT2D eigenvalue weighted by Crippen LogP contribution is 2.17. The Labute approximate surface area is 145 Å². The van der Waals surface area contributed by atoms with Crippen molar-refractivity contribution >= 4 is 17.5 Å². The SMILES string of the molecule is Cc1ccc(N)cc1C(=O)N1CCN(C(=O)c2cccc(F)c2)CC1. The molecule has 1 aliphatic rings. The highest BCUT2D eigenvalue weighted by molar-refractivity contribution is 5.97. The quantitative estimate of drug-likeness (QED) is 0.853. The number of carbonyl (C=O) groups is 2. The molecule has 0 spiro atoms. The van der Waals surface area contributed by atoms with Crippen molar-refractivity contribution in [3.63, 3.8) is 0 Å². The third kappa shape index (κ3) is 3.63. The minimum absolute atomic E-state index is 0.0809. The number of rotatable bonds is 2. The van der Waals surface area contributed by atoms with Crippen molar-refractivity contribution in [2.75, 3.05) is 31.9 Å². The third-order valence-corrected chi connectivity index (χ3v) is 4.42. The van der Waals surface area contributed by atoms with Crippen LogP contribution >= 0.6 is 0 Å². The first-order chi connectivity index (χ1) is 12.0. The number of carbonyl (C=O) groups excluding carboxylic acids is 2. The molecule has 2 N–H and O–H groups in total. The van der Waals surface area contributed by atoms with Crippen LogP contribution in [-0.4, -0.2) is 47.8 Å². The van der Waals surface area contributed by atoms with Gasteiger partial charge < -0.3 is 15.5 Å². The van der Waals surface area contributed by atoms with Gasteiger partial charge in [-0.15, -0.1) is 0 Å². The average molecular weight is 341 g/mol. The third-order valence-electron chi connectivity index (χ3n) is 4.42. The number of nitrogens with two attached hydrogens (primary N) is 1. The Kier molecular flexibility index (Phi) is 4.70. The van der Waals surface area contributed by atoms with Crippen LogP contribution in [-0.2, 0) is 0 Å². The van der Waals surface area contributed by atoms with Crippen LogP contribution in [0.4, 0.5) is 10.1 Å². The Morgan fingerprint density at radius 3 is 2.24 bits per heavy atom. The largest absolute Gasteiger partial charge is 0.399 e. The van der Waals surface area contributed by atoms with Gasteiger partial charge >= 0.3 is 0 Å². The summed E-state index contributed by atoms with van der Waals surface area (Å²) in [4.78, 5) is 28.5. The van der Waals surface area contributed by atoms with Gasteiger partial charge in [0.05, 0.1) is 0 Å². The summed E-state index contributed by atoms with van der Waals surface area (Å²) in [5.74, 6) is -0.730. The molecule has 0 atom stereocenters. The van der Waals surface area contributed by atoms with Crippen molar-refractivity contribution in [2.45, 2.75) is 6.92 Å². The number of halogens is 1. The molecule has 6 heteroatoms. The van der Waals surface area contributed by atoms with E-state index in [1.165, 1.54) is 18.2 Å². The Morgan fingerprint density at radius 2 is 1.60 bits per heavy atom. The zero-order chi connectivity index (χ0) is 18.0. The van der Waals surface area contributed by atoms with E-state index in [0.717, 1.165) is 5.56 Å². The number of nitrogens with zero attached hydrogens (tertiary/aromatic N) is 2. The predicted molar refractivity (Wildman–Crippen MR) is 93.8 cm³/mol. The lowest BCUT2D eigenvalue weighted by Gasteiger charge is -2.35. The molecule has 25 heavy (non-hydrogen) atoms. The van der Waals surface area contributed by atoms with Gasteiger partial charge in [0.15, 0.2) is 0 Å². The van der Waals surface area contributed by atoms with Gasteiger partial charge in [-0.25, -0.2) is 4.39 Å². The van der Waals surface area contributed by atoms with Crippen molar-refractivity contribution in [1.82, 2.24) is 9.80 Å². The second-order valence-corrected chi connectivity index (χ2v) is 6.17. The van der Waals surface area contributed by atoms with Crippen molar-refractivity contribution in [3.8, 4) is 0 Å². The molecular formula is C19H20FN3O2. The van der Waals surface area contributed by atoms with E-state index >= 15 is 0 Å². The van der Waals surface area contributed by atoms with E-state index in [-0.39, 0.29) is 11.8 Å². The van der Waals surface area contributed by atoms with E-state index in [9.17, 15) is 14.0 Å². The average Bonchev–Trinajstić information content (AvgIpc) is 2.62. The first kappa shape index (κ1) is 17.0. The standard InChI is InChI=1S/C19H20FN3O2/c1-13-5-6-16(21)12-17(13)19(25)23-9-7-22(8-10-23)18(24)14-3-2-4-15(20)11-14/h2-6,11-12H,7-10,21H2,1H3. The smallest absolute Gasteiger partial charge is 0.254 e. The van der Waals surface area contributed by atoms with Gasteiger partial charge in [0.2, 0.25) is 0 Å². The fourth-order valence-electron chi connectivity index (χ4n) is 2.96. The molecule has 5 nitrogen and oxygen atoms in total. The lowest BCUT2D eigenvalue weighted by atomic mass is 10.1. The molecule has 0 radical (unpaired) electrons. The minimum atomic E-state index is -0.434. The first-order valence-corrected chi connectivity index (χ1v) is 8.16. The summed E-state index contributed by atoms with van der Waals surface area (Å²) in [6.07, 6.45) is 0. The predicted octanol–water partition coefficient (Wildman–Crippen LogP) is 2.31. The summed E-state index contributed by atoms with van der Waals surface area (Å²) in [7, 11) is 0. The first-order valence-electron chi connectivity index (χ1n) is 8.16. The molecule has 0 unspecified atom stereocenters. The molecular weight excluding hydrogens is 321 g/mol. The molecule has 0 bridgehead atoms. The lowest BCUT2D eigenvalue weighted by Crippen LogP contribution is -2.50. The fourth-order valence-corrected chi connectivity index (χ4v) is 2.96. The molecule has 2 amide bonds. The van der Waals surface area contributed by atoms with Crippen LogP contribution in [0.2, 0.25) is 0 Å². The van der Waals surface area contributed by atoms with E-state index in [0.29, 0.717) is 43.0 Å². The highest BCUT2D eigenvalue weighted by atomic mass is 19.1. The number of benzene rings is 2. The van der Waals surface area contributed by atoms with Crippen molar-refractivity contribution < 1.29 is 14.0 Å². The number of amides is 2. The number of aryl methyl sites for hydroxylation is 1. The van der Waals surface area contributed by atoms with E-state index in [4.69, 9.17) is 5.73 Å². The molecule has 2 aromatic rings. The van der Waals surface area contributed by atoms with Gasteiger partial charge in [-0.3, -0.25) is 9.59 Å². The van der Waals surface area contributed by atoms with Gasteiger partial charge in [0, 0.05) is 43.0 Å². The van der Waals surface area contributed by atoms with Crippen molar-refractivity contribution in [1.29, 1.82) is 0 Å². The summed E-state index contributed by atoms with van der Waals surface area (Å²) in [5.41, 5.74) is 8.11. The van der Waals surface area contributed by atoms with Crippen LogP contribution in [0.15, 0.2) is 42.5 Å². The lowest BCUT2D eigenvalue weighted by molar-refractivity contribution is 0.0535.